The molecule has 0 radical (unpaired) electrons. The summed E-state index contributed by atoms with van der Waals surface area (Å²) >= 11 is 1.96. The first kappa shape index (κ1) is 26.0. The molecule has 1 aliphatic rings. The van der Waals surface area contributed by atoms with Gasteiger partial charge in [-0.2, -0.15) is 0 Å². The Morgan fingerprint density at radius 2 is 1.48 bits per heavy atom. The number of amides is 1. The number of unbranched alkanes of at least 4 members (excludes halogenated alkanes) is 2. The van der Waals surface area contributed by atoms with Gasteiger partial charge in [0.05, 0.1) is 13.2 Å². The number of morpholine rings is 1. The second kappa shape index (κ2) is 13.3. The summed E-state index contributed by atoms with van der Waals surface area (Å²) in [6.45, 7) is 9.56. The van der Waals surface area contributed by atoms with Crippen LogP contribution in [0, 0.1) is 5.41 Å². The van der Waals surface area contributed by atoms with E-state index in [0.29, 0.717) is 19.6 Å². The van der Waals surface area contributed by atoms with Crippen molar-refractivity contribution in [3.63, 3.8) is 0 Å². The van der Waals surface area contributed by atoms with Gasteiger partial charge in [-0.3, -0.25) is 4.79 Å². The number of hydrogen-bond donors (Lipinski definition) is 0. The lowest BCUT2D eigenvalue weighted by Gasteiger charge is -2.31. The van der Waals surface area contributed by atoms with Crippen molar-refractivity contribution in [2.24, 2.45) is 5.41 Å². The van der Waals surface area contributed by atoms with Gasteiger partial charge in [-0.15, -0.1) is 11.3 Å². The molecule has 1 saturated heterocycles. The highest BCUT2D eigenvalue weighted by atomic mass is 32.1. The van der Waals surface area contributed by atoms with Crippen LogP contribution in [0.3, 0.4) is 0 Å². The quantitative estimate of drug-likeness (QED) is 0.300. The van der Waals surface area contributed by atoms with Gasteiger partial charge < -0.3 is 9.64 Å². The standard InChI is InChI=1S/C29H43NO2S/c1-4-5-6-8-24-11-13-25(14-12-24)9-7-10-26-15-16-27(33-26)17-18-29(2,3)23-28(31)30-19-21-32-22-20-30/h11-16H,4-10,17-23H2,1-3H3. The molecule has 2 heterocycles. The molecule has 0 N–H and O–H groups in total. The number of nitrogens with zero attached hydrogens (tertiary/aromatic N) is 1. The second-order valence-electron chi connectivity index (χ2n) is 10.3. The van der Waals surface area contributed by atoms with Crippen LogP contribution in [-0.4, -0.2) is 37.1 Å². The van der Waals surface area contributed by atoms with Gasteiger partial charge in [0.2, 0.25) is 5.91 Å². The smallest absolute Gasteiger partial charge is 0.223 e. The molecule has 33 heavy (non-hydrogen) atoms. The highest BCUT2D eigenvalue weighted by Crippen LogP contribution is 2.30. The largest absolute Gasteiger partial charge is 0.378 e. The fourth-order valence-corrected chi connectivity index (χ4v) is 5.55. The Morgan fingerprint density at radius 1 is 0.879 bits per heavy atom. The number of benzene rings is 1. The van der Waals surface area contributed by atoms with Crippen molar-refractivity contribution in [3.8, 4) is 0 Å². The third-order valence-corrected chi connectivity index (χ3v) is 7.94. The molecule has 182 valence electrons. The van der Waals surface area contributed by atoms with E-state index in [1.807, 2.05) is 16.2 Å². The summed E-state index contributed by atoms with van der Waals surface area (Å²) in [6, 6.07) is 13.9. The molecule has 0 spiro atoms. The van der Waals surface area contributed by atoms with Gasteiger partial charge in [0.1, 0.15) is 0 Å². The van der Waals surface area contributed by atoms with Crippen molar-refractivity contribution in [1.29, 1.82) is 0 Å². The van der Waals surface area contributed by atoms with Gasteiger partial charge in [-0.1, -0.05) is 57.9 Å². The Labute approximate surface area is 205 Å². The first-order valence-electron chi connectivity index (χ1n) is 13.0. The average Bonchev–Trinajstić information content (AvgIpc) is 3.27. The Balaban J connectivity index is 1.36. The lowest BCUT2D eigenvalue weighted by Crippen LogP contribution is -2.42. The van der Waals surface area contributed by atoms with E-state index >= 15 is 0 Å². The third kappa shape index (κ3) is 9.25. The lowest BCUT2D eigenvalue weighted by molar-refractivity contribution is -0.137. The zero-order valence-electron chi connectivity index (χ0n) is 21.0. The summed E-state index contributed by atoms with van der Waals surface area (Å²) in [6.07, 6.45) is 11.4. The van der Waals surface area contributed by atoms with E-state index in [-0.39, 0.29) is 11.3 Å². The molecule has 0 bridgehead atoms. The molecule has 1 aromatic heterocycles. The van der Waals surface area contributed by atoms with Crippen molar-refractivity contribution >= 4 is 17.2 Å². The molecule has 0 atom stereocenters. The first-order chi connectivity index (χ1) is 15.9. The predicted molar refractivity (Wildman–Crippen MR) is 140 cm³/mol. The monoisotopic (exact) mass is 469 g/mol. The van der Waals surface area contributed by atoms with Crippen LogP contribution in [0.4, 0.5) is 0 Å². The minimum Gasteiger partial charge on any atom is -0.378 e. The Bertz CT molecular complexity index is 834. The molecule has 4 heteroatoms. The maximum Gasteiger partial charge on any atom is 0.223 e. The van der Waals surface area contributed by atoms with Crippen LogP contribution in [0.2, 0.25) is 0 Å². The van der Waals surface area contributed by atoms with Crippen LogP contribution in [0.5, 0.6) is 0 Å². The van der Waals surface area contributed by atoms with Gasteiger partial charge in [-0.05, 0) is 73.6 Å². The normalized spacial score (nSPS) is 14.6. The van der Waals surface area contributed by atoms with Crippen LogP contribution in [0.15, 0.2) is 36.4 Å². The second-order valence-corrected chi connectivity index (χ2v) is 11.6. The zero-order valence-corrected chi connectivity index (χ0v) is 21.9. The SMILES string of the molecule is CCCCCc1ccc(CCCc2ccc(CCC(C)(C)CC(=O)N3CCOCC3)s2)cc1. The minimum atomic E-state index is 0.0300. The fraction of sp³-hybridized carbons (Fsp3) is 0.621. The van der Waals surface area contributed by atoms with Crippen molar-refractivity contribution in [3.05, 3.63) is 57.3 Å². The minimum absolute atomic E-state index is 0.0300. The van der Waals surface area contributed by atoms with Crippen LogP contribution in [0.1, 0.15) is 80.2 Å². The molecular weight excluding hydrogens is 426 g/mol. The maximum atomic E-state index is 12.6. The molecule has 1 aromatic carbocycles. The molecule has 3 nitrogen and oxygen atoms in total. The molecular formula is C29H43NO2S. The highest BCUT2D eigenvalue weighted by Gasteiger charge is 2.26. The molecule has 1 aliphatic heterocycles. The van der Waals surface area contributed by atoms with Gasteiger partial charge in [0.25, 0.3) is 0 Å². The molecule has 2 aromatic rings. The average molecular weight is 470 g/mol. The number of hydrogen-bond acceptors (Lipinski definition) is 3. The number of carbonyl (C=O) groups is 1. The summed E-state index contributed by atoms with van der Waals surface area (Å²) in [5, 5.41) is 0. The topological polar surface area (TPSA) is 29.5 Å². The van der Waals surface area contributed by atoms with E-state index in [1.54, 1.807) is 0 Å². The molecule has 0 aliphatic carbocycles. The van der Waals surface area contributed by atoms with Gasteiger partial charge in [0.15, 0.2) is 0 Å². The van der Waals surface area contributed by atoms with E-state index in [4.69, 9.17) is 4.74 Å². The Morgan fingerprint density at radius 3 is 2.12 bits per heavy atom. The van der Waals surface area contributed by atoms with Crippen LogP contribution >= 0.6 is 11.3 Å². The van der Waals surface area contributed by atoms with E-state index in [0.717, 1.165) is 38.8 Å². The first-order valence-corrected chi connectivity index (χ1v) is 13.8. The Hall–Kier alpha value is -1.65. The zero-order chi connectivity index (χ0) is 23.5. The summed E-state index contributed by atoms with van der Waals surface area (Å²) in [7, 11) is 0. The fourth-order valence-electron chi connectivity index (χ4n) is 4.49. The van der Waals surface area contributed by atoms with Crippen molar-refractivity contribution in [1.82, 2.24) is 4.90 Å². The van der Waals surface area contributed by atoms with Gasteiger partial charge in [0, 0.05) is 29.3 Å². The molecule has 1 fully saturated rings. The van der Waals surface area contributed by atoms with E-state index in [2.05, 4.69) is 57.2 Å². The number of thiophene rings is 1. The van der Waals surface area contributed by atoms with E-state index in [9.17, 15) is 4.79 Å². The van der Waals surface area contributed by atoms with Crippen molar-refractivity contribution < 1.29 is 9.53 Å². The highest BCUT2D eigenvalue weighted by molar-refractivity contribution is 7.11. The van der Waals surface area contributed by atoms with Crippen LogP contribution in [-0.2, 0) is 35.2 Å². The number of aryl methyl sites for hydroxylation is 4. The summed E-state index contributed by atoms with van der Waals surface area (Å²) in [5.41, 5.74) is 2.96. The molecule has 0 unspecified atom stereocenters. The maximum absolute atomic E-state index is 12.6. The predicted octanol–water partition coefficient (Wildman–Crippen LogP) is 6.86. The number of ether oxygens (including phenoxy) is 1. The van der Waals surface area contributed by atoms with Gasteiger partial charge in [-0.25, -0.2) is 0 Å². The summed E-state index contributed by atoms with van der Waals surface area (Å²) < 4.78 is 5.37. The number of carbonyl (C=O) groups excluding carboxylic acids is 1. The van der Waals surface area contributed by atoms with Crippen molar-refractivity contribution in [2.45, 2.75) is 85.0 Å². The van der Waals surface area contributed by atoms with Crippen molar-refractivity contribution in [2.75, 3.05) is 26.3 Å². The molecule has 1 amide bonds. The van der Waals surface area contributed by atoms with Gasteiger partial charge >= 0.3 is 0 Å². The van der Waals surface area contributed by atoms with Crippen LogP contribution in [0.25, 0.3) is 0 Å². The number of rotatable bonds is 13. The summed E-state index contributed by atoms with van der Waals surface area (Å²) in [4.78, 5) is 17.5. The van der Waals surface area contributed by atoms with Crippen LogP contribution < -0.4 is 0 Å². The molecule has 0 saturated carbocycles. The Kier molecular flexibility index (Phi) is 10.5. The summed E-state index contributed by atoms with van der Waals surface area (Å²) in [5.74, 6) is 0.282. The lowest BCUT2D eigenvalue weighted by atomic mass is 9.83. The molecule has 3 rings (SSSR count). The third-order valence-electron chi connectivity index (χ3n) is 6.74. The van der Waals surface area contributed by atoms with E-state index < -0.39 is 0 Å². The van der Waals surface area contributed by atoms with E-state index in [1.165, 1.54) is 53.0 Å².